The normalized spacial score (nSPS) is 13.4. The van der Waals surface area contributed by atoms with Gasteiger partial charge in [-0.25, -0.2) is 0 Å². The van der Waals surface area contributed by atoms with Gasteiger partial charge in [0.2, 0.25) is 0 Å². The zero-order chi connectivity index (χ0) is 43.9. The van der Waals surface area contributed by atoms with Crippen LogP contribution in [-0.2, 0) is 56.0 Å². The van der Waals surface area contributed by atoms with Crippen LogP contribution in [0.5, 0.6) is 0 Å². The molecule has 62 heavy (non-hydrogen) atoms. The third-order valence-corrected chi connectivity index (χ3v) is 21.0. The van der Waals surface area contributed by atoms with Crippen molar-refractivity contribution in [3.63, 3.8) is 0 Å². The van der Waals surface area contributed by atoms with E-state index in [1.54, 1.807) is 93.0 Å². The van der Waals surface area contributed by atoms with Gasteiger partial charge in [-0.2, -0.15) is 0 Å². The molecule has 324 valence electrons. The number of hydrogen-bond donors (Lipinski definition) is 0. The molecule has 0 spiro atoms. The fraction of sp³-hybridized carbons (Fsp3) is 0.250. The smallest absolute Gasteiger partial charge is 0.0573 e. The van der Waals surface area contributed by atoms with Crippen LogP contribution in [-0.4, -0.2) is 41.9 Å². The Labute approximate surface area is 397 Å². The molecule has 12 bridgehead atoms. The molecule has 0 aliphatic carbocycles. The number of benzene rings is 6. The second-order valence-corrected chi connectivity index (χ2v) is 26.6. The Hall–Kier alpha value is -2.76. The summed E-state index contributed by atoms with van der Waals surface area (Å²) in [4.78, 5) is 2.91. The van der Waals surface area contributed by atoms with Crippen LogP contribution in [0.4, 0.5) is 0 Å². The van der Waals surface area contributed by atoms with Crippen molar-refractivity contribution in [1.82, 2.24) is 0 Å². The molecule has 0 aliphatic rings. The van der Waals surface area contributed by atoms with Crippen LogP contribution in [0.3, 0.4) is 0 Å². The zero-order valence-electron chi connectivity index (χ0n) is 35.4. The summed E-state index contributed by atoms with van der Waals surface area (Å²) >= 11 is 9.95. The summed E-state index contributed by atoms with van der Waals surface area (Å²) in [6.45, 7) is 4.36. The van der Waals surface area contributed by atoms with Gasteiger partial charge in [-0.05, 0) is 146 Å². The van der Waals surface area contributed by atoms with Gasteiger partial charge in [0.05, 0.1) is 62.8 Å². The molecule has 0 saturated heterocycles. The molecule has 0 aliphatic heterocycles. The highest BCUT2D eigenvalue weighted by molar-refractivity contribution is 7.86. The molecule has 0 saturated carbocycles. The first kappa shape index (κ1) is 47.2. The predicted molar refractivity (Wildman–Crippen MR) is 285 cm³/mol. The summed E-state index contributed by atoms with van der Waals surface area (Å²) in [6.07, 6.45) is 12.4. The van der Waals surface area contributed by atoms with Gasteiger partial charge in [-0.15, -0.1) is 68.0 Å². The van der Waals surface area contributed by atoms with Crippen LogP contribution in [0.2, 0.25) is 0 Å². The highest BCUT2D eigenvalue weighted by Crippen LogP contribution is 2.39. The average molecular weight is 1010 g/mol. The van der Waals surface area contributed by atoms with E-state index in [1.807, 2.05) is 12.1 Å². The minimum atomic E-state index is -1.29. The number of unbranched alkanes of at least 4 members (excludes halogenated alkanes) is 2. The summed E-state index contributed by atoms with van der Waals surface area (Å²) in [7, 11) is -5.16. The van der Waals surface area contributed by atoms with Gasteiger partial charge in [0, 0.05) is 81.4 Å². The van der Waals surface area contributed by atoms with Crippen molar-refractivity contribution >= 4 is 168 Å². The van der Waals surface area contributed by atoms with E-state index < -0.39 is 43.2 Å². The lowest BCUT2D eigenvalue weighted by molar-refractivity contribution is 0.684. The summed E-state index contributed by atoms with van der Waals surface area (Å²) in [5.74, 6) is 0. The van der Waals surface area contributed by atoms with E-state index in [2.05, 4.69) is 111 Å². The lowest BCUT2D eigenvalue weighted by Gasteiger charge is -2.13. The Morgan fingerprint density at radius 2 is 0.532 bits per heavy atom. The Morgan fingerprint density at radius 3 is 0.710 bits per heavy atom. The monoisotopic (exact) mass is 1010 g/mol. The molecule has 13 aromatic rings. The topological polar surface area (TPSA) is 68.3 Å². The second-order valence-electron chi connectivity index (χ2n) is 14.5. The summed E-state index contributed by atoms with van der Waals surface area (Å²) in [5.41, 5.74) is 2.22. The largest absolute Gasteiger partial charge is 0.255 e. The maximum Gasteiger partial charge on any atom is 0.0573 e. The van der Waals surface area contributed by atoms with Gasteiger partial charge >= 0.3 is 0 Å². The van der Waals surface area contributed by atoms with Crippen molar-refractivity contribution in [2.24, 2.45) is 0 Å². The SMILES string of the molecule is CCCCc1c2sc3ccc(cc3)sc3ccc(cc3)sc3c(S(C)=O)cc(S(C)=O)c(sc4ccc(cc4)sc4ccc(cc4)sc1c(S(C)=O)cc2S(C)=O)c3CCCC. The number of hydrogen-bond acceptors (Lipinski definition) is 10. The van der Waals surface area contributed by atoms with Gasteiger partial charge in [0.1, 0.15) is 0 Å². The van der Waals surface area contributed by atoms with Crippen LogP contribution in [0, 0.1) is 0 Å². The van der Waals surface area contributed by atoms with E-state index in [0.717, 1.165) is 126 Å². The third kappa shape index (κ3) is 11.5. The molecular formula is C48H48O4S10. The summed E-state index contributed by atoms with van der Waals surface area (Å²) in [6, 6.07) is 38.0. The molecule has 0 radical (unpaired) electrons. The van der Waals surface area contributed by atoms with Crippen molar-refractivity contribution < 1.29 is 16.8 Å². The Morgan fingerprint density at radius 1 is 0.339 bits per heavy atom. The molecule has 13 rings (SSSR count). The van der Waals surface area contributed by atoms with E-state index in [1.165, 1.54) is 0 Å². The lowest BCUT2D eigenvalue weighted by Crippen LogP contribution is -1.99. The average Bonchev–Trinajstić information content (AvgIpc) is 3.25. The quantitative estimate of drug-likeness (QED) is 0.137. The van der Waals surface area contributed by atoms with Crippen molar-refractivity contribution in [2.45, 2.75) is 72.0 Å². The van der Waals surface area contributed by atoms with Gasteiger partial charge in [0.15, 0.2) is 0 Å². The maximum atomic E-state index is 13.4. The first-order chi connectivity index (χ1) is 29.9. The third-order valence-electron chi connectivity index (χ3n) is 9.96. The molecule has 4 atom stereocenters. The number of rotatable bonds is 10. The fourth-order valence-electron chi connectivity index (χ4n) is 6.81. The number of aryl methyl sites for hydroxylation is 2. The first-order valence-corrected chi connectivity index (χ1v) is 31.3. The van der Waals surface area contributed by atoms with E-state index in [4.69, 9.17) is 0 Å². The standard InChI is InChI=1S/C48H48O4S10/c1-7-9-11-39-45-41(59(3)49)29-42(60(4)50)46(39)56-36-23-15-32(16-24-36)54-34-19-27-38(28-20-34)58-48-40(12-10-8-2)47(43(61(5)51)30-44(48)62(6)52)57-37-25-17-33(18-26-37)53-31-13-21-35(55-45)22-14-31/h13-30H,7-12H2,1-6H3. The molecule has 4 unspecified atom stereocenters. The van der Waals surface area contributed by atoms with E-state index in [9.17, 15) is 16.8 Å². The van der Waals surface area contributed by atoms with Crippen molar-refractivity contribution in [3.8, 4) is 0 Å². The van der Waals surface area contributed by atoms with Crippen LogP contribution in [0.15, 0.2) is 129 Å². The van der Waals surface area contributed by atoms with Crippen molar-refractivity contribution in [3.05, 3.63) is 120 Å². The van der Waals surface area contributed by atoms with Crippen LogP contribution >= 0.6 is 68.0 Å². The van der Waals surface area contributed by atoms with E-state index in [-0.39, 0.29) is 0 Å². The van der Waals surface area contributed by atoms with Gasteiger partial charge in [-0.1, -0.05) is 26.7 Å². The Balaban J connectivity index is 1.58. The Bertz CT molecular complexity index is 2720. The molecule has 0 amide bonds. The summed E-state index contributed by atoms with van der Waals surface area (Å²) in [5, 5.41) is 0. The molecule has 7 aromatic heterocycles. The van der Waals surface area contributed by atoms with Crippen LogP contribution in [0.25, 0.3) is 56.4 Å². The summed E-state index contributed by atoms with van der Waals surface area (Å²) < 4.78 is 66.3. The highest BCUT2D eigenvalue weighted by atomic mass is 32.2. The minimum absolute atomic E-state index is 0.727. The molecule has 0 fully saturated rings. The predicted octanol–water partition coefficient (Wildman–Crippen LogP) is 15.7. The lowest BCUT2D eigenvalue weighted by atomic mass is 10.1. The van der Waals surface area contributed by atoms with Crippen molar-refractivity contribution in [1.29, 1.82) is 0 Å². The van der Waals surface area contributed by atoms with Crippen molar-refractivity contribution in [2.75, 3.05) is 25.0 Å². The Kier molecular flexibility index (Phi) is 16.7. The maximum absolute atomic E-state index is 13.4. The van der Waals surface area contributed by atoms with Gasteiger partial charge in [0.25, 0.3) is 0 Å². The molecule has 0 N–H and O–H groups in total. The van der Waals surface area contributed by atoms with Gasteiger partial charge in [-0.3, -0.25) is 16.8 Å². The highest BCUT2D eigenvalue weighted by Gasteiger charge is 2.19. The fourth-order valence-corrected chi connectivity index (χ4v) is 17.3. The minimum Gasteiger partial charge on any atom is -0.255 e. The van der Waals surface area contributed by atoms with E-state index in [0.29, 0.717) is 0 Å². The molecule has 4 nitrogen and oxygen atoms in total. The van der Waals surface area contributed by atoms with E-state index >= 15 is 0 Å². The zero-order valence-corrected chi connectivity index (χ0v) is 43.5. The molecule has 14 heteroatoms. The van der Waals surface area contributed by atoms with Crippen LogP contribution < -0.4 is 0 Å². The van der Waals surface area contributed by atoms with Crippen LogP contribution in [0.1, 0.15) is 50.7 Å². The van der Waals surface area contributed by atoms with Gasteiger partial charge < -0.3 is 0 Å². The molecular weight excluding hydrogens is 961 g/mol. The molecule has 6 aromatic carbocycles. The second kappa shape index (κ2) is 21.9. The first-order valence-electron chi connectivity index (χ1n) is 20.1. The molecule has 7 heterocycles.